The zero-order valence-corrected chi connectivity index (χ0v) is 13.0. The number of carbonyl (C=O) groups excluding carboxylic acids is 1. The van der Waals surface area contributed by atoms with Crippen molar-refractivity contribution < 1.29 is 9.42 Å². The largest absolute Gasteiger partial charge is 0.378 e. The molecule has 0 spiro atoms. The smallest absolute Gasteiger partial charge is 0.292 e. The standard InChI is InChI=1S/C12H12N8O2S/c1-6(8-4-3-5-23-8)14-16-12(21)9-7(2)15-19-20(9)11-10(13)17-22-18-11/h3-5H,1-2H3,(H2,13,17)(H,16,21)/b14-6+. The van der Waals surface area contributed by atoms with Crippen LogP contribution < -0.4 is 11.2 Å². The Morgan fingerprint density at radius 1 is 1.48 bits per heavy atom. The van der Waals surface area contributed by atoms with Crippen LogP contribution in [0.4, 0.5) is 5.82 Å². The Balaban J connectivity index is 1.87. The molecule has 3 heterocycles. The second-order valence-electron chi connectivity index (χ2n) is 4.52. The number of hydrazone groups is 1. The van der Waals surface area contributed by atoms with Gasteiger partial charge in [-0.15, -0.1) is 16.4 Å². The Kier molecular flexibility index (Phi) is 3.85. The molecule has 0 saturated heterocycles. The van der Waals surface area contributed by atoms with Crippen molar-refractivity contribution in [1.29, 1.82) is 0 Å². The van der Waals surface area contributed by atoms with Gasteiger partial charge in [-0.25, -0.2) is 10.1 Å². The van der Waals surface area contributed by atoms with Gasteiger partial charge in [-0.1, -0.05) is 11.3 Å². The monoisotopic (exact) mass is 332 g/mol. The molecule has 3 rings (SSSR count). The molecule has 0 aliphatic rings. The molecule has 1 amide bonds. The van der Waals surface area contributed by atoms with Crippen LogP contribution in [-0.4, -0.2) is 36.9 Å². The van der Waals surface area contributed by atoms with Crippen LogP contribution in [0.15, 0.2) is 27.2 Å². The molecule has 0 radical (unpaired) electrons. The van der Waals surface area contributed by atoms with E-state index in [1.807, 2.05) is 17.5 Å². The van der Waals surface area contributed by atoms with Gasteiger partial charge in [0.25, 0.3) is 5.91 Å². The molecule has 0 atom stereocenters. The summed E-state index contributed by atoms with van der Waals surface area (Å²) in [5.74, 6) is -0.400. The molecule has 23 heavy (non-hydrogen) atoms. The van der Waals surface area contributed by atoms with E-state index in [9.17, 15) is 4.79 Å². The Bertz CT molecular complexity index is 864. The van der Waals surface area contributed by atoms with Gasteiger partial charge in [0.2, 0.25) is 11.6 Å². The lowest BCUT2D eigenvalue weighted by molar-refractivity contribution is 0.0946. The van der Waals surface area contributed by atoms with Crippen molar-refractivity contribution in [3.63, 3.8) is 0 Å². The van der Waals surface area contributed by atoms with E-state index < -0.39 is 5.91 Å². The van der Waals surface area contributed by atoms with Crippen molar-refractivity contribution in [3.05, 3.63) is 33.8 Å². The molecule has 0 aromatic carbocycles. The number of aryl methyl sites for hydroxylation is 1. The first-order valence-corrected chi connectivity index (χ1v) is 7.35. The average Bonchev–Trinajstić information content (AvgIpc) is 3.25. The number of hydrogen-bond acceptors (Lipinski definition) is 9. The normalized spacial score (nSPS) is 11.7. The van der Waals surface area contributed by atoms with Crippen LogP contribution >= 0.6 is 11.3 Å². The first kappa shape index (κ1) is 14.8. The van der Waals surface area contributed by atoms with Gasteiger partial charge < -0.3 is 5.73 Å². The molecule has 0 aliphatic heterocycles. The number of nitrogens with zero attached hydrogens (tertiary/aromatic N) is 6. The number of hydrogen-bond donors (Lipinski definition) is 2. The molecule has 3 N–H and O–H groups in total. The Morgan fingerprint density at radius 2 is 2.30 bits per heavy atom. The van der Waals surface area contributed by atoms with E-state index in [4.69, 9.17) is 5.73 Å². The summed E-state index contributed by atoms with van der Waals surface area (Å²) < 4.78 is 5.68. The third-order valence-corrected chi connectivity index (χ3v) is 3.93. The summed E-state index contributed by atoms with van der Waals surface area (Å²) in [5, 5.41) is 20.8. The fraction of sp³-hybridized carbons (Fsp3) is 0.167. The van der Waals surface area contributed by atoms with Crippen LogP contribution in [0, 0.1) is 6.92 Å². The van der Waals surface area contributed by atoms with Crippen molar-refractivity contribution in [1.82, 2.24) is 30.7 Å². The summed E-state index contributed by atoms with van der Waals surface area (Å²) in [5.41, 5.74) is 9.33. The van der Waals surface area contributed by atoms with Gasteiger partial charge in [-0.05, 0) is 35.6 Å². The van der Waals surface area contributed by atoms with Gasteiger partial charge >= 0.3 is 0 Å². The summed E-state index contributed by atoms with van der Waals surface area (Å²) in [4.78, 5) is 13.3. The fourth-order valence-corrected chi connectivity index (χ4v) is 2.51. The summed E-state index contributed by atoms with van der Waals surface area (Å²) in [6.07, 6.45) is 0. The second kappa shape index (κ2) is 5.96. The summed E-state index contributed by atoms with van der Waals surface area (Å²) >= 11 is 1.53. The van der Waals surface area contributed by atoms with Crippen LogP contribution in [-0.2, 0) is 0 Å². The average molecular weight is 332 g/mol. The number of anilines is 1. The summed E-state index contributed by atoms with van der Waals surface area (Å²) in [6.45, 7) is 3.44. The molecule has 0 saturated carbocycles. The number of rotatable bonds is 4. The zero-order valence-electron chi connectivity index (χ0n) is 12.2. The number of nitrogens with one attached hydrogen (secondary N) is 1. The highest BCUT2D eigenvalue weighted by molar-refractivity contribution is 7.12. The fourth-order valence-electron chi connectivity index (χ4n) is 1.83. The van der Waals surface area contributed by atoms with E-state index in [0.29, 0.717) is 11.4 Å². The van der Waals surface area contributed by atoms with E-state index >= 15 is 0 Å². The van der Waals surface area contributed by atoms with Gasteiger partial charge in [-0.3, -0.25) is 4.79 Å². The summed E-state index contributed by atoms with van der Waals surface area (Å²) in [7, 11) is 0. The van der Waals surface area contributed by atoms with Crippen molar-refractivity contribution in [3.8, 4) is 5.82 Å². The lowest BCUT2D eigenvalue weighted by atomic mass is 10.3. The predicted octanol–water partition coefficient (Wildman–Crippen LogP) is 0.756. The van der Waals surface area contributed by atoms with Crippen molar-refractivity contribution >= 4 is 28.8 Å². The number of nitrogens with two attached hydrogens (primary N) is 1. The highest BCUT2D eigenvalue weighted by Crippen LogP contribution is 2.15. The molecule has 10 nitrogen and oxygen atoms in total. The van der Waals surface area contributed by atoms with Crippen LogP contribution in [0.3, 0.4) is 0 Å². The molecule has 3 aromatic rings. The quantitative estimate of drug-likeness (QED) is 0.531. The highest BCUT2D eigenvalue weighted by Gasteiger charge is 2.22. The van der Waals surface area contributed by atoms with Gasteiger partial charge in [0.1, 0.15) is 0 Å². The molecular formula is C12H12N8O2S. The first-order chi connectivity index (χ1) is 11.1. The Morgan fingerprint density at radius 3 is 2.96 bits per heavy atom. The van der Waals surface area contributed by atoms with Gasteiger partial charge in [0, 0.05) is 4.88 Å². The molecule has 118 valence electrons. The molecule has 0 fully saturated rings. The van der Waals surface area contributed by atoms with Crippen molar-refractivity contribution in [2.45, 2.75) is 13.8 Å². The topological polar surface area (TPSA) is 137 Å². The third kappa shape index (κ3) is 2.81. The van der Waals surface area contributed by atoms with Gasteiger partial charge in [0.15, 0.2) is 5.69 Å². The van der Waals surface area contributed by atoms with Gasteiger partial charge in [0.05, 0.1) is 11.4 Å². The molecule has 3 aromatic heterocycles. The lowest BCUT2D eigenvalue weighted by Gasteiger charge is -2.03. The molecule has 0 bridgehead atoms. The van der Waals surface area contributed by atoms with Crippen molar-refractivity contribution in [2.24, 2.45) is 5.10 Å². The predicted molar refractivity (Wildman–Crippen MR) is 82.4 cm³/mol. The van der Waals surface area contributed by atoms with E-state index in [2.05, 4.69) is 35.8 Å². The minimum absolute atomic E-state index is 0.00205. The first-order valence-electron chi connectivity index (χ1n) is 6.47. The van der Waals surface area contributed by atoms with E-state index in [1.165, 1.54) is 11.3 Å². The maximum atomic E-state index is 12.4. The minimum atomic E-state index is -0.495. The number of nitrogen functional groups attached to an aromatic ring is 1. The molecule has 0 aliphatic carbocycles. The summed E-state index contributed by atoms with van der Waals surface area (Å²) in [6, 6.07) is 3.82. The molecule has 11 heteroatoms. The van der Waals surface area contributed by atoms with Crippen LogP contribution in [0.1, 0.15) is 28.0 Å². The van der Waals surface area contributed by atoms with E-state index in [0.717, 1.165) is 9.56 Å². The van der Waals surface area contributed by atoms with E-state index in [-0.39, 0.29) is 17.3 Å². The van der Waals surface area contributed by atoms with Crippen LogP contribution in [0.25, 0.3) is 5.82 Å². The van der Waals surface area contributed by atoms with Crippen LogP contribution in [0.2, 0.25) is 0 Å². The maximum Gasteiger partial charge on any atom is 0.292 e. The number of amides is 1. The molecular weight excluding hydrogens is 320 g/mol. The van der Waals surface area contributed by atoms with E-state index in [1.54, 1.807) is 13.8 Å². The zero-order chi connectivity index (χ0) is 16.4. The lowest BCUT2D eigenvalue weighted by Crippen LogP contribution is -2.23. The van der Waals surface area contributed by atoms with Crippen molar-refractivity contribution in [2.75, 3.05) is 5.73 Å². The van der Waals surface area contributed by atoms with Crippen LogP contribution in [0.5, 0.6) is 0 Å². The third-order valence-electron chi connectivity index (χ3n) is 2.95. The minimum Gasteiger partial charge on any atom is -0.378 e. The van der Waals surface area contributed by atoms with Gasteiger partial charge in [-0.2, -0.15) is 9.78 Å². The molecule has 0 unspecified atom stereocenters. The second-order valence-corrected chi connectivity index (χ2v) is 5.47. The highest BCUT2D eigenvalue weighted by atomic mass is 32.1. The number of aromatic nitrogens is 5. The number of carbonyl (C=O) groups is 1. The Labute approximate surface area is 133 Å². The SMILES string of the molecule is C/C(=N\NC(=O)c1c(C)nnn1-c1nonc1N)c1cccs1. The maximum absolute atomic E-state index is 12.4. The number of thiophene rings is 1. The Hall–Kier alpha value is -3.08.